The van der Waals surface area contributed by atoms with E-state index in [4.69, 9.17) is 5.73 Å². The van der Waals surface area contributed by atoms with Gasteiger partial charge in [0.25, 0.3) is 0 Å². The summed E-state index contributed by atoms with van der Waals surface area (Å²) in [7, 11) is 0. The van der Waals surface area contributed by atoms with Crippen LogP contribution in [0.25, 0.3) is 0 Å². The highest BCUT2D eigenvalue weighted by Gasteiger charge is 2.32. The summed E-state index contributed by atoms with van der Waals surface area (Å²) < 4.78 is 0. The molecule has 0 bridgehead atoms. The third-order valence-electron chi connectivity index (χ3n) is 5.58. The molecule has 1 aromatic heterocycles. The molecule has 4 unspecified atom stereocenters. The lowest BCUT2D eigenvalue weighted by molar-refractivity contribution is -0.143. The van der Waals surface area contributed by atoms with Crippen molar-refractivity contribution in [2.24, 2.45) is 11.7 Å². The number of rotatable bonds is 15. The van der Waals surface area contributed by atoms with E-state index < -0.39 is 60.2 Å². The van der Waals surface area contributed by atoms with Crippen LogP contribution in [0.5, 0.6) is 0 Å². The number of nitrogens with two attached hydrogens (primary N) is 1. The van der Waals surface area contributed by atoms with Gasteiger partial charge < -0.3 is 36.9 Å². The van der Waals surface area contributed by atoms with Crippen LogP contribution in [-0.2, 0) is 36.8 Å². The number of benzene rings is 1. The summed E-state index contributed by atoms with van der Waals surface area (Å²) in [5, 5.41) is 26.1. The largest absolute Gasteiger partial charge is 0.481 e. The van der Waals surface area contributed by atoms with Crippen molar-refractivity contribution in [1.82, 2.24) is 25.9 Å². The summed E-state index contributed by atoms with van der Waals surface area (Å²) in [5.41, 5.74) is 7.10. The Morgan fingerprint density at radius 3 is 2.05 bits per heavy atom. The molecule has 1 aromatic carbocycles. The summed E-state index contributed by atoms with van der Waals surface area (Å²) in [6.45, 7) is 3.79. The van der Waals surface area contributed by atoms with E-state index in [1.807, 2.05) is 13.8 Å². The third kappa shape index (κ3) is 10.0. The fraction of sp³-hybridized carbons (Fsp3) is 0.440. The van der Waals surface area contributed by atoms with Crippen LogP contribution in [0.1, 0.15) is 37.9 Å². The van der Waals surface area contributed by atoms with Crippen LogP contribution < -0.4 is 21.7 Å². The average molecular weight is 531 g/mol. The summed E-state index contributed by atoms with van der Waals surface area (Å²) >= 11 is 0. The number of aromatic amines is 1. The van der Waals surface area contributed by atoms with E-state index in [-0.39, 0.29) is 18.8 Å². The minimum atomic E-state index is -1.61. The van der Waals surface area contributed by atoms with Crippen molar-refractivity contribution in [2.45, 2.75) is 63.7 Å². The Morgan fingerprint density at radius 2 is 1.50 bits per heavy atom. The molecule has 206 valence electrons. The number of carbonyl (C=O) groups excluding carboxylic acids is 3. The number of H-pyrrole nitrogens is 1. The van der Waals surface area contributed by atoms with Crippen LogP contribution in [0.2, 0.25) is 0 Å². The maximum Gasteiger partial charge on any atom is 0.326 e. The highest BCUT2D eigenvalue weighted by atomic mass is 16.4. The van der Waals surface area contributed by atoms with E-state index in [9.17, 15) is 34.2 Å². The van der Waals surface area contributed by atoms with Gasteiger partial charge in [-0.05, 0) is 17.9 Å². The Hall–Kier alpha value is -4.26. The molecule has 38 heavy (non-hydrogen) atoms. The molecule has 2 rings (SSSR count). The number of hydrogen-bond donors (Lipinski definition) is 7. The molecule has 2 aromatic rings. The summed E-state index contributed by atoms with van der Waals surface area (Å²) in [6, 6.07) is 3.71. The summed E-state index contributed by atoms with van der Waals surface area (Å²) in [5.74, 6) is -5.02. The number of imidazole rings is 1. The van der Waals surface area contributed by atoms with E-state index in [1.54, 1.807) is 30.3 Å². The molecule has 4 atom stereocenters. The number of aromatic nitrogens is 2. The molecule has 0 radical (unpaired) electrons. The van der Waals surface area contributed by atoms with Crippen LogP contribution in [0.3, 0.4) is 0 Å². The Morgan fingerprint density at radius 1 is 0.895 bits per heavy atom. The maximum absolute atomic E-state index is 13.2. The molecular weight excluding hydrogens is 496 g/mol. The first-order chi connectivity index (χ1) is 18.0. The number of hydrogen-bond acceptors (Lipinski definition) is 7. The molecule has 0 spiro atoms. The minimum absolute atomic E-state index is 0.0474. The Balaban J connectivity index is 2.20. The normalized spacial score (nSPS) is 14.1. The van der Waals surface area contributed by atoms with Crippen LogP contribution in [0.15, 0.2) is 42.9 Å². The summed E-state index contributed by atoms with van der Waals surface area (Å²) in [4.78, 5) is 68.5. The predicted octanol–water partition coefficient (Wildman–Crippen LogP) is -0.418. The molecule has 0 aliphatic heterocycles. The van der Waals surface area contributed by atoms with Crippen LogP contribution in [-0.4, -0.2) is 74.0 Å². The van der Waals surface area contributed by atoms with E-state index >= 15 is 0 Å². The van der Waals surface area contributed by atoms with Crippen LogP contribution >= 0.6 is 0 Å². The zero-order chi connectivity index (χ0) is 28.2. The molecule has 0 aliphatic rings. The zero-order valence-corrected chi connectivity index (χ0v) is 21.2. The van der Waals surface area contributed by atoms with Crippen molar-refractivity contribution in [2.75, 3.05) is 0 Å². The molecule has 3 amide bonds. The minimum Gasteiger partial charge on any atom is -0.481 e. The Kier molecular flexibility index (Phi) is 11.4. The first kappa shape index (κ1) is 30.0. The molecule has 13 nitrogen and oxygen atoms in total. The predicted molar refractivity (Wildman–Crippen MR) is 136 cm³/mol. The second kappa shape index (κ2) is 14.5. The van der Waals surface area contributed by atoms with Crippen molar-refractivity contribution in [3.05, 3.63) is 54.1 Å². The van der Waals surface area contributed by atoms with Gasteiger partial charge >= 0.3 is 11.9 Å². The van der Waals surface area contributed by atoms with Gasteiger partial charge in [0.2, 0.25) is 17.7 Å². The maximum atomic E-state index is 13.2. The van der Waals surface area contributed by atoms with Gasteiger partial charge in [0.1, 0.15) is 18.1 Å². The first-order valence-corrected chi connectivity index (χ1v) is 12.1. The monoisotopic (exact) mass is 530 g/mol. The van der Waals surface area contributed by atoms with Gasteiger partial charge in [-0.15, -0.1) is 0 Å². The quantitative estimate of drug-likeness (QED) is 0.159. The number of amides is 3. The topological polar surface area (TPSA) is 217 Å². The zero-order valence-electron chi connectivity index (χ0n) is 21.2. The molecule has 0 saturated carbocycles. The van der Waals surface area contributed by atoms with Crippen LogP contribution in [0, 0.1) is 5.92 Å². The highest BCUT2D eigenvalue weighted by Crippen LogP contribution is 2.08. The number of nitrogens with one attached hydrogen (secondary N) is 4. The third-order valence-corrected chi connectivity index (χ3v) is 5.58. The molecule has 1 heterocycles. The van der Waals surface area contributed by atoms with Gasteiger partial charge in [0, 0.05) is 24.7 Å². The average Bonchev–Trinajstić information content (AvgIpc) is 3.35. The van der Waals surface area contributed by atoms with Gasteiger partial charge in [-0.25, -0.2) is 9.78 Å². The lowest BCUT2D eigenvalue weighted by Gasteiger charge is -2.25. The van der Waals surface area contributed by atoms with Gasteiger partial charge in [0.05, 0.1) is 18.8 Å². The van der Waals surface area contributed by atoms with E-state index in [0.717, 1.165) is 0 Å². The molecule has 8 N–H and O–H groups in total. The lowest BCUT2D eigenvalue weighted by atomic mass is 10.0. The molecular formula is C25H34N6O7. The first-order valence-electron chi connectivity index (χ1n) is 12.1. The van der Waals surface area contributed by atoms with E-state index in [1.165, 1.54) is 12.5 Å². The fourth-order valence-corrected chi connectivity index (χ4v) is 3.70. The fourth-order valence-electron chi connectivity index (χ4n) is 3.70. The van der Waals surface area contributed by atoms with Gasteiger partial charge in [-0.1, -0.05) is 44.2 Å². The number of carboxylic acids is 2. The van der Waals surface area contributed by atoms with Crippen molar-refractivity contribution in [1.29, 1.82) is 0 Å². The van der Waals surface area contributed by atoms with Crippen LogP contribution in [0.4, 0.5) is 0 Å². The SMILES string of the molecule is CC(C)CC(N)C(=O)NC(Cc1ccccc1)C(=O)NC(CC(=O)O)C(=O)NC(Cc1cnc[nH]1)C(=O)O. The van der Waals surface area contributed by atoms with Gasteiger partial charge in [0.15, 0.2) is 0 Å². The van der Waals surface area contributed by atoms with Crippen molar-refractivity contribution in [3.8, 4) is 0 Å². The number of nitrogens with zero attached hydrogens (tertiary/aromatic N) is 1. The number of carboxylic acid groups (broad SMARTS) is 2. The second-order valence-electron chi connectivity index (χ2n) is 9.33. The standard InChI is InChI=1S/C25H34N6O7/c1-14(2)8-17(26)22(34)29-18(9-15-6-4-3-5-7-15)23(35)30-19(11-21(32)33)24(36)31-20(25(37)38)10-16-12-27-13-28-16/h3-7,12-14,17-20H,8-11,26H2,1-2H3,(H,27,28)(H,29,34)(H,30,35)(H,31,36)(H,32,33)(H,37,38). The van der Waals surface area contributed by atoms with Crippen molar-refractivity contribution in [3.63, 3.8) is 0 Å². The molecule has 0 aliphatic carbocycles. The molecule has 0 fully saturated rings. The van der Waals surface area contributed by atoms with Gasteiger partial charge in [-0.3, -0.25) is 19.2 Å². The number of aliphatic carboxylic acids is 2. The van der Waals surface area contributed by atoms with E-state index in [0.29, 0.717) is 17.7 Å². The smallest absolute Gasteiger partial charge is 0.326 e. The lowest BCUT2D eigenvalue weighted by Crippen LogP contribution is -2.58. The van der Waals surface area contributed by atoms with Crippen molar-refractivity contribution >= 4 is 29.7 Å². The summed E-state index contributed by atoms with van der Waals surface area (Å²) in [6.07, 6.45) is 2.20. The molecule has 0 saturated heterocycles. The highest BCUT2D eigenvalue weighted by molar-refractivity contribution is 5.95. The van der Waals surface area contributed by atoms with Crippen molar-refractivity contribution < 1.29 is 34.2 Å². The second-order valence-corrected chi connectivity index (χ2v) is 9.33. The molecule has 13 heteroatoms. The van der Waals surface area contributed by atoms with Gasteiger partial charge in [-0.2, -0.15) is 0 Å². The Bertz CT molecular complexity index is 1090. The van der Waals surface area contributed by atoms with E-state index in [2.05, 4.69) is 25.9 Å². The number of carbonyl (C=O) groups is 5. The Labute approximate surface area is 219 Å².